The smallest absolute Gasteiger partial charge is 0.248 e. The van der Waals surface area contributed by atoms with E-state index in [1.807, 2.05) is 0 Å². The predicted octanol–water partition coefficient (Wildman–Crippen LogP) is 0.860. The van der Waals surface area contributed by atoms with E-state index in [1.54, 1.807) is 47.6 Å². The number of aromatic hydroxyl groups is 1. The number of carbonyl (C=O) groups is 1. The Morgan fingerprint density at radius 2 is 2.10 bits per heavy atom. The average Bonchev–Trinajstić information content (AvgIpc) is 2.49. The van der Waals surface area contributed by atoms with E-state index in [0.717, 1.165) is 0 Å². The molecular formula is C14H14N4O2. The number of phenolic OH excluding ortho intramolecular Hbond substituents is 1. The Bertz CT molecular complexity index is 618. The third-order valence-corrected chi connectivity index (χ3v) is 3.32. The predicted molar refractivity (Wildman–Crippen MR) is 73.2 cm³/mol. The number of nitrogens with zero attached hydrogens (tertiary/aromatic N) is 3. The number of benzene rings is 1. The number of phenols is 1. The second kappa shape index (κ2) is 5.26. The summed E-state index contributed by atoms with van der Waals surface area (Å²) >= 11 is 0. The molecule has 0 radical (unpaired) electrons. The van der Waals surface area contributed by atoms with Crippen molar-refractivity contribution in [2.24, 2.45) is 0 Å². The summed E-state index contributed by atoms with van der Waals surface area (Å²) in [6.07, 6.45) is 3.12. The molecule has 0 saturated carbocycles. The molecule has 1 fully saturated rings. The van der Waals surface area contributed by atoms with Gasteiger partial charge in [-0.05, 0) is 12.1 Å². The Morgan fingerprint density at radius 1 is 1.25 bits per heavy atom. The number of aromatic nitrogens is 2. The number of para-hydroxylation sites is 1. The SMILES string of the molecule is O=C1C(c2ccccc2O)NCCN1c1ccnnc1. The van der Waals surface area contributed by atoms with Gasteiger partial charge in [0.2, 0.25) is 5.91 Å². The summed E-state index contributed by atoms with van der Waals surface area (Å²) < 4.78 is 0. The summed E-state index contributed by atoms with van der Waals surface area (Å²) in [6.45, 7) is 1.21. The normalized spacial score (nSPS) is 19.1. The van der Waals surface area contributed by atoms with Crippen LogP contribution in [0, 0.1) is 0 Å². The summed E-state index contributed by atoms with van der Waals surface area (Å²) in [7, 11) is 0. The van der Waals surface area contributed by atoms with Crippen LogP contribution in [0.3, 0.4) is 0 Å². The van der Waals surface area contributed by atoms with E-state index < -0.39 is 6.04 Å². The summed E-state index contributed by atoms with van der Waals surface area (Å²) in [5, 5.41) is 20.6. The number of rotatable bonds is 2. The number of nitrogens with one attached hydrogen (secondary N) is 1. The Labute approximate surface area is 116 Å². The number of amides is 1. The van der Waals surface area contributed by atoms with Crippen LogP contribution in [0.4, 0.5) is 5.69 Å². The molecule has 6 heteroatoms. The van der Waals surface area contributed by atoms with Crippen molar-refractivity contribution in [3.8, 4) is 5.75 Å². The fourth-order valence-electron chi connectivity index (χ4n) is 2.35. The van der Waals surface area contributed by atoms with Crippen LogP contribution < -0.4 is 10.2 Å². The first kappa shape index (κ1) is 12.6. The molecule has 0 bridgehead atoms. The van der Waals surface area contributed by atoms with Crippen molar-refractivity contribution in [3.63, 3.8) is 0 Å². The molecule has 0 spiro atoms. The fourth-order valence-corrected chi connectivity index (χ4v) is 2.35. The molecule has 2 N–H and O–H groups in total. The number of hydrogen-bond donors (Lipinski definition) is 2. The van der Waals surface area contributed by atoms with E-state index in [0.29, 0.717) is 24.3 Å². The summed E-state index contributed by atoms with van der Waals surface area (Å²) in [4.78, 5) is 14.2. The second-order valence-corrected chi connectivity index (χ2v) is 4.54. The highest BCUT2D eigenvalue weighted by Gasteiger charge is 2.32. The largest absolute Gasteiger partial charge is 0.508 e. The molecule has 1 saturated heterocycles. The van der Waals surface area contributed by atoms with Crippen molar-refractivity contribution >= 4 is 11.6 Å². The van der Waals surface area contributed by atoms with Gasteiger partial charge in [0.1, 0.15) is 11.8 Å². The van der Waals surface area contributed by atoms with Crippen LogP contribution >= 0.6 is 0 Å². The first-order valence-electron chi connectivity index (χ1n) is 6.37. The first-order valence-corrected chi connectivity index (χ1v) is 6.37. The third-order valence-electron chi connectivity index (χ3n) is 3.32. The maximum absolute atomic E-state index is 12.6. The third kappa shape index (κ3) is 2.21. The second-order valence-electron chi connectivity index (χ2n) is 4.54. The van der Waals surface area contributed by atoms with Gasteiger partial charge in [0, 0.05) is 18.7 Å². The van der Waals surface area contributed by atoms with E-state index in [9.17, 15) is 9.90 Å². The zero-order chi connectivity index (χ0) is 13.9. The van der Waals surface area contributed by atoms with Crippen molar-refractivity contribution in [1.29, 1.82) is 0 Å². The lowest BCUT2D eigenvalue weighted by Crippen LogP contribution is -2.50. The van der Waals surface area contributed by atoms with E-state index in [-0.39, 0.29) is 11.7 Å². The number of carbonyl (C=O) groups excluding carboxylic acids is 1. The topological polar surface area (TPSA) is 78.4 Å². The number of piperazine rings is 1. The highest BCUT2D eigenvalue weighted by molar-refractivity contribution is 5.98. The zero-order valence-electron chi connectivity index (χ0n) is 10.7. The average molecular weight is 270 g/mol. The van der Waals surface area contributed by atoms with Gasteiger partial charge in [-0.15, -0.1) is 0 Å². The molecule has 1 atom stereocenters. The zero-order valence-corrected chi connectivity index (χ0v) is 10.7. The molecule has 3 rings (SSSR count). The maximum Gasteiger partial charge on any atom is 0.248 e. The van der Waals surface area contributed by atoms with Crippen LogP contribution in [0.15, 0.2) is 42.7 Å². The van der Waals surface area contributed by atoms with Crippen molar-refractivity contribution in [1.82, 2.24) is 15.5 Å². The summed E-state index contributed by atoms with van der Waals surface area (Å²) in [5.41, 5.74) is 1.30. The number of hydrogen-bond acceptors (Lipinski definition) is 5. The molecule has 1 amide bonds. The molecule has 2 aromatic rings. The van der Waals surface area contributed by atoms with Crippen molar-refractivity contribution in [2.45, 2.75) is 6.04 Å². The summed E-state index contributed by atoms with van der Waals surface area (Å²) in [6, 6.07) is 8.07. The van der Waals surface area contributed by atoms with Gasteiger partial charge in [-0.1, -0.05) is 18.2 Å². The molecule has 1 aliphatic rings. The number of anilines is 1. The van der Waals surface area contributed by atoms with Gasteiger partial charge in [-0.25, -0.2) is 0 Å². The molecule has 1 aliphatic heterocycles. The van der Waals surface area contributed by atoms with Crippen LogP contribution in [0.5, 0.6) is 5.75 Å². The monoisotopic (exact) mass is 270 g/mol. The van der Waals surface area contributed by atoms with Crippen LogP contribution in [-0.4, -0.2) is 34.3 Å². The standard InChI is InChI=1S/C14H14N4O2/c19-12-4-2-1-3-11(12)13-14(20)18(8-7-15-13)10-5-6-16-17-9-10/h1-6,9,13,15,19H,7-8H2. The minimum absolute atomic E-state index is 0.106. The van der Waals surface area contributed by atoms with Gasteiger partial charge >= 0.3 is 0 Å². The van der Waals surface area contributed by atoms with Crippen LogP contribution in [0.25, 0.3) is 0 Å². The van der Waals surface area contributed by atoms with E-state index in [4.69, 9.17) is 0 Å². The molecule has 6 nitrogen and oxygen atoms in total. The molecule has 1 unspecified atom stereocenters. The molecule has 0 aliphatic carbocycles. The Balaban J connectivity index is 1.92. The van der Waals surface area contributed by atoms with E-state index >= 15 is 0 Å². The minimum Gasteiger partial charge on any atom is -0.508 e. The molecular weight excluding hydrogens is 256 g/mol. The van der Waals surface area contributed by atoms with Gasteiger partial charge in [0.05, 0.1) is 18.1 Å². The van der Waals surface area contributed by atoms with Crippen molar-refractivity contribution < 1.29 is 9.90 Å². The molecule has 1 aromatic carbocycles. The van der Waals surface area contributed by atoms with Crippen LogP contribution in [-0.2, 0) is 4.79 Å². The lowest BCUT2D eigenvalue weighted by atomic mass is 10.0. The Kier molecular flexibility index (Phi) is 3.30. The fraction of sp³-hybridized carbons (Fsp3) is 0.214. The lowest BCUT2D eigenvalue weighted by Gasteiger charge is -2.33. The van der Waals surface area contributed by atoms with Crippen molar-refractivity contribution in [2.75, 3.05) is 18.0 Å². The van der Waals surface area contributed by atoms with Gasteiger partial charge in [0.15, 0.2) is 0 Å². The molecule has 1 aromatic heterocycles. The Hall–Kier alpha value is -2.47. The van der Waals surface area contributed by atoms with Crippen molar-refractivity contribution in [3.05, 3.63) is 48.3 Å². The Morgan fingerprint density at radius 3 is 2.85 bits per heavy atom. The van der Waals surface area contributed by atoms with Crippen LogP contribution in [0.1, 0.15) is 11.6 Å². The molecule has 2 heterocycles. The van der Waals surface area contributed by atoms with E-state index in [1.165, 1.54) is 0 Å². The maximum atomic E-state index is 12.6. The highest BCUT2D eigenvalue weighted by Crippen LogP contribution is 2.28. The quantitative estimate of drug-likeness (QED) is 0.846. The van der Waals surface area contributed by atoms with Gasteiger partial charge in [0.25, 0.3) is 0 Å². The highest BCUT2D eigenvalue weighted by atomic mass is 16.3. The minimum atomic E-state index is -0.543. The molecule has 20 heavy (non-hydrogen) atoms. The van der Waals surface area contributed by atoms with E-state index in [2.05, 4.69) is 15.5 Å². The van der Waals surface area contributed by atoms with Gasteiger partial charge in [-0.3, -0.25) is 4.79 Å². The first-order chi connectivity index (χ1) is 9.77. The van der Waals surface area contributed by atoms with Gasteiger partial charge in [-0.2, -0.15) is 10.2 Å². The van der Waals surface area contributed by atoms with Crippen LogP contribution in [0.2, 0.25) is 0 Å². The lowest BCUT2D eigenvalue weighted by molar-refractivity contribution is -0.121. The van der Waals surface area contributed by atoms with Gasteiger partial charge < -0.3 is 15.3 Å². The molecule has 102 valence electrons. The summed E-state index contributed by atoms with van der Waals surface area (Å²) in [5.74, 6) is 0.0128.